The van der Waals surface area contributed by atoms with Crippen LogP contribution >= 0.6 is 0 Å². The predicted molar refractivity (Wildman–Crippen MR) is 70.8 cm³/mol. The van der Waals surface area contributed by atoms with Crippen LogP contribution in [0.4, 0.5) is 0 Å². The summed E-state index contributed by atoms with van der Waals surface area (Å²) in [5.41, 5.74) is 2.03. The SMILES string of the molecule is O=C(C=Cc1ccccc1)NCCc1cnc[nH]1. The highest BCUT2D eigenvalue weighted by molar-refractivity contribution is 5.91. The van der Waals surface area contributed by atoms with Crippen LogP contribution < -0.4 is 5.32 Å². The van der Waals surface area contributed by atoms with Crippen LogP contribution in [0.2, 0.25) is 0 Å². The van der Waals surface area contributed by atoms with E-state index in [2.05, 4.69) is 15.3 Å². The Morgan fingerprint density at radius 2 is 2.17 bits per heavy atom. The van der Waals surface area contributed by atoms with Gasteiger partial charge in [0.1, 0.15) is 0 Å². The molecule has 0 saturated carbocycles. The van der Waals surface area contributed by atoms with Gasteiger partial charge in [0, 0.05) is 30.9 Å². The van der Waals surface area contributed by atoms with E-state index in [0.29, 0.717) is 6.54 Å². The molecule has 18 heavy (non-hydrogen) atoms. The first-order valence-corrected chi connectivity index (χ1v) is 5.83. The van der Waals surface area contributed by atoms with E-state index in [0.717, 1.165) is 17.7 Å². The van der Waals surface area contributed by atoms with Crippen LogP contribution in [-0.2, 0) is 11.2 Å². The van der Waals surface area contributed by atoms with Crippen LogP contribution in [0.1, 0.15) is 11.3 Å². The van der Waals surface area contributed by atoms with Gasteiger partial charge in [0.25, 0.3) is 0 Å². The molecule has 2 N–H and O–H groups in total. The third-order valence-electron chi connectivity index (χ3n) is 2.48. The fraction of sp³-hybridized carbons (Fsp3) is 0.143. The second-order valence-electron chi connectivity index (χ2n) is 3.86. The lowest BCUT2D eigenvalue weighted by Crippen LogP contribution is -2.23. The molecule has 1 aromatic heterocycles. The summed E-state index contributed by atoms with van der Waals surface area (Å²) in [4.78, 5) is 18.4. The highest BCUT2D eigenvalue weighted by Gasteiger charge is 1.96. The van der Waals surface area contributed by atoms with E-state index in [-0.39, 0.29) is 5.91 Å². The Balaban J connectivity index is 1.74. The summed E-state index contributed by atoms with van der Waals surface area (Å²) in [7, 11) is 0. The average molecular weight is 241 g/mol. The van der Waals surface area contributed by atoms with Crippen molar-refractivity contribution in [3.8, 4) is 0 Å². The van der Waals surface area contributed by atoms with Gasteiger partial charge in [-0.2, -0.15) is 0 Å². The number of aromatic amines is 1. The maximum Gasteiger partial charge on any atom is 0.244 e. The Morgan fingerprint density at radius 1 is 1.33 bits per heavy atom. The number of amides is 1. The number of aromatic nitrogens is 2. The van der Waals surface area contributed by atoms with Crippen LogP contribution in [0.25, 0.3) is 6.08 Å². The third kappa shape index (κ3) is 3.90. The van der Waals surface area contributed by atoms with E-state index in [4.69, 9.17) is 0 Å². The van der Waals surface area contributed by atoms with Crippen LogP contribution in [-0.4, -0.2) is 22.4 Å². The van der Waals surface area contributed by atoms with Crippen molar-refractivity contribution in [3.63, 3.8) is 0 Å². The number of rotatable bonds is 5. The van der Waals surface area contributed by atoms with Gasteiger partial charge in [-0.25, -0.2) is 4.98 Å². The number of carbonyl (C=O) groups excluding carboxylic acids is 1. The first-order valence-electron chi connectivity index (χ1n) is 5.83. The summed E-state index contributed by atoms with van der Waals surface area (Å²) in [6.07, 6.45) is 7.48. The molecule has 0 atom stereocenters. The molecule has 0 aliphatic heterocycles. The molecular formula is C14H15N3O. The number of H-pyrrole nitrogens is 1. The average Bonchev–Trinajstić information content (AvgIpc) is 2.91. The van der Waals surface area contributed by atoms with Gasteiger partial charge in [0.2, 0.25) is 5.91 Å². The van der Waals surface area contributed by atoms with Crippen molar-refractivity contribution in [1.29, 1.82) is 0 Å². The quantitative estimate of drug-likeness (QED) is 0.784. The standard InChI is InChI=1S/C14H15N3O/c18-14(7-6-12-4-2-1-3-5-12)16-9-8-13-10-15-11-17-13/h1-7,10-11H,8-9H2,(H,15,17)(H,16,18). The Kier molecular flexibility index (Phi) is 4.30. The van der Waals surface area contributed by atoms with Gasteiger partial charge in [-0.1, -0.05) is 30.3 Å². The Bertz CT molecular complexity index is 503. The molecule has 0 unspecified atom stereocenters. The van der Waals surface area contributed by atoms with Gasteiger partial charge in [-0.15, -0.1) is 0 Å². The highest BCUT2D eigenvalue weighted by Crippen LogP contribution is 2.00. The maximum atomic E-state index is 11.5. The second kappa shape index (κ2) is 6.39. The molecule has 4 heteroatoms. The highest BCUT2D eigenvalue weighted by atomic mass is 16.1. The van der Waals surface area contributed by atoms with Crippen molar-refractivity contribution in [3.05, 3.63) is 60.2 Å². The van der Waals surface area contributed by atoms with Gasteiger partial charge in [0.05, 0.1) is 6.33 Å². The topological polar surface area (TPSA) is 57.8 Å². The van der Waals surface area contributed by atoms with Crippen molar-refractivity contribution >= 4 is 12.0 Å². The van der Waals surface area contributed by atoms with Crippen molar-refractivity contribution in [2.75, 3.05) is 6.54 Å². The fourth-order valence-corrected chi connectivity index (χ4v) is 1.54. The molecule has 0 spiro atoms. The summed E-state index contributed by atoms with van der Waals surface area (Å²) in [5.74, 6) is -0.0848. The minimum absolute atomic E-state index is 0.0848. The van der Waals surface area contributed by atoms with E-state index >= 15 is 0 Å². The zero-order valence-electron chi connectivity index (χ0n) is 9.97. The number of nitrogens with zero attached hydrogens (tertiary/aromatic N) is 1. The molecule has 92 valence electrons. The molecule has 0 aliphatic carbocycles. The van der Waals surface area contributed by atoms with E-state index in [1.54, 1.807) is 24.7 Å². The normalized spacial score (nSPS) is 10.7. The summed E-state index contributed by atoms with van der Waals surface area (Å²) in [6, 6.07) is 9.73. The first-order chi connectivity index (χ1) is 8.84. The van der Waals surface area contributed by atoms with E-state index in [1.807, 2.05) is 30.3 Å². The zero-order valence-corrected chi connectivity index (χ0v) is 9.97. The largest absolute Gasteiger partial charge is 0.352 e. The maximum absolute atomic E-state index is 11.5. The smallest absolute Gasteiger partial charge is 0.244 e. The number of carbonyl (C=O) groups is 1. The lowest BCUT2D eigenvalue weighted by molar-refractivity contribution is -0.116. The molecule has 1 heterocycles. The van der Waals surface area contributed by atoms with Gasteiger partial charge in [0.15, 0.2) is 0 Å². The number of hydrogen-bond donors (Lipinski definition) is 2. The number of hydrogen-bond acceptors (Lipinski definition) is 2. The Hall–Kier alpha value is -2.36. The zero-order chi connectivity index (χ0) is 12.6. The van der Waals surface area contributed by atoms with Crippen molar-refractivity contribution in [2.24, 2.45) is 0 Å². The van der Waals surface area contributed by atoms with Crippen molar-refractivity contribution < 1.29 is 4.79 Å². The molecule has 0 bridgehead atoms. The van der Waals surface area contributed by atoms with Crippen LogP contribution in [0.3, 0.4) is 0 Å². The van der Waals surface area contributed by atoms with E-state index in [9.17, 15) is 4.79 Å². The van der Waals surface area contributed by atoms with E-state index in [1.165, 1.54) is 0 Å². The van der Waals surface area contributed by atoms with Gasteiger partial charge in [-0.3, -0.25) is 4.79 Å². The predicted octanol–water partition coefficient (Wildman–Crippen LogP) is 1.78. The molecule has 0 aliphatic rings. The second-order valence-corrected chi connectivity index (χ2v) is 3.86. The molecular weight excluding hydrogens is 226 g/mol. The molecule has 4 nitrogen and oxygen atoms in total. The molecule has 1 amide bonds. The molecule has 0 fully saturated rings. The lowest BCUT2D eigenvalue weighted by atomic mass is 10.2. The van der Waals surface area contributed by atoms with Crippen LogP contribution in [0.15, 0.2) is 48.9 Å². The van der Waals surface area contributed by atoms with Crippen molar-refractivity contribution in [1.82, 2.24) is 15.3 Å². The summed E-state index contributed by atoms with van der Waals surface area (Å²) >= 11 is 0. The molecule has 2 rings (SSSR count). The number of imidazole rings is 1. The summed E-state index contributed by atoms with van der Waals surface area (Å²) in [6.45, 7) is 0.597. The van der Waals surface area contributed by atoms with Crippen LogP contribution in [0.5, 0.6) is 0 Å². The fourth-order valence-electron chi connectivity index (χ4n) is 1.54. The lowest BCUT2D eigenvalue weighted by Gasteiger charge is -2.00. The Labute approximate surface area is 106 Å². The Morgan fingerprint density at radius 3 is 2.89 bits per heavy atom. The van der Waals surface area contributed by atoms with Gasteiger partial charge < -0.3 is 10.3 Å². The van der Waals surface area contributed by atoms with Gasteiger partial charge >= 0.3 is 0 Å². The molecule has 1 aromatic carbocycles. The van der Waals surface area contributed by atoms with Crippen molar-refractivity contribution in [2.45, 2.75) is 6.42 Å². The summed E-state index contributed by atoms with van der Waals surface area (Å²) in [5, 5.41) is 2.82. The number of nitrogens with one attached hydrogen (secondary N) is 2. The molecule has 0 saturated heterocycles. The number of benzene rings is 1. The molecule has 2 aromatic rings. The van der Waals surface area contributed by atoms with E-state index < -0.39 is 0 Å². The third-order valence-corrected chi connectivity index (χ3v) is 2.48. The minimum Gasteiger partial charge on any atom is -0.352 e. The minimum atomic E-state index is -0.0848. The monoisotopic (exact) mass is 241 g/mol. The molecule has 0 radical (unpaired) electrons. The summed E-state index contributed by atoms with van der Waals surface area (Å²) < 4.78 is 0. The van der Waals surface area contributed by atoms with Gasteiger partial charge in [-0.05, 0) is 11.6 Å². The van der Waals surface area contributed by atoms with Crippen LogP contribution in [0, 0.1) is 0 Å². The first kappa shape index (κ1) is 12.1.